The fourth-order valence-electron chi connectivity index (χ4n) is 24.8. The van der Waals surface area contributed by atoms with E-state index in [9.17, 15) is 1.37 Å². The number of nitrogens with zero attached hydrogens (tertiary/aromatic N) is 1. The Bertz CT molecular complexity index is 7210. The minimum atomic E-state index is -1.27. The van der Waals surface area contributed by atoms with E-state index in [1.807, 2.05) is 0 Å². The molecule has 1 aromatic heterocycles. The summed E-state index contributed by atoms with van der Waals surface area (Å²) in [4.78, 5) is 0. The van der Waals surface area contributed by atoms with Gasteiger partial charge in [0.2, 0.25) is 0 Å². The number of hydrogen-bond acceptors (Lipinski definition) is 0. The lowest BCUT2D eigenvalue weighted by molar-refractivity contribution is 0.418. The molecule has 0 bridgehead atoms. The van der Waals surface area contributed by atoms with Gasteiger partial charge in [0, 0.05) is 196 Å². The van der Waals surface area contributed by atoms with Gasteiger partial charge in [-0.25, -0.2) is 0 Å². The van der Waals surface area contributed by atoms with Crippen molar-refractivity contribution in [1.82, 2.24) is 4.57 Å². The van der Waals surface area contributed by atoms with Gasteiger partial charge in [-0.1, -0.05) is 60.7 Å². The zero-order valence-corrected chi connectivity index (χ0v) is 37.2. The van der Waals surface area contributed by atoms with E-state index < -0.39 is 11.4 Å². The van der Waals surface area contributed by atoms with Gasteiger partial charge in [0.1, 0.15) is 5.54 Å². The number of rotatable bonds is 3. The molecule has 1 nitrogen and oxygen atoms in total. The Hall–Kier alpha value is -9.30. The smallest absolute Gasteiger partial charge is 0.109 e. The molecule has 1 aliphatic carbocycles. The molecule has 31 aromatic rings. The van der Waals surface area contributed by atoms with E-state index >= 15 is 0 Å². The van der Waals surface area contributed by atoms with E-state index in [0.29, 0.717) is 0 Å². The van der Waals surface area contributed by atoms with Crippen LogP contribution in [0.2, 0.25) is 0 Å². The molecule has 1 heteroatoms. The third kappa shape index (κ3) is 1.54. The van der Waals surface area contributed by atoms with Crippen molar-refractivity contribution in [2.75, 3.05) is 0 Å². The van der Waals surface area contributed by atoms with Crippen LogP contribution in [0.5, 0.6) is 0 Å². The van der Waals surface area contributed by atoms with Gasteiger partial charge in [-0.3, -0.25) is 0 Å². The lowest BCUT2D eigenvalue weighted by Crippen LogP contribution is -2.43. The summed E-state index contributed by atoms with van der Waals surface area (Å²) in [6.45, 7) is 0. The van der Waals surface area contributed by atoms with Crippen LogP contribution in [0.3, 0.4) is 0 Å². The van der Waals surface area contributed by atoms with Crippen LogP contribution in [0.25, 0.3) is 302 Å². The highest BCUT2D eigenvalue weighted by Crippen LogP contribution is 2.82. The topological polar surface area (TPSA) is 4.93 Å². The van der Waals surface area contributed by atoms with Crippen LogP contribution in [-0.2, 0) is 5.54 Å². The molecule has 3 aliphatic rings. The second-order valence-electron chi connectivity index (χ2n) is 25.9. The first-order valence-electron chi connectivity index (χ1n) is 27.5. The van der Waals surface area contributed by atoms with Crippen molar-refractivity contribution in [3.8, 4) is 0 Å². The predicted octanol–water partition coefficient (Wildman–Crippen LogP) is 19.7. The maximum absolute atomic E-state index is 12.6. The van der Waals surface area contributed by atoms with Crippen molar-refractivity contribution in [3.05, 3.63) is 82.9 Å². The van der Waals surface area contributed by atoms with Crippen LogP contribution in [-0.4, -0.2) is 4.57 Å². The normalized spacial score (nSPS) is 18.2. The van der Waals surface area contributed by atoms with Crippen LogP contribution in [0.1, 0.15) is 29.5 Å². The second kappa shape index (κ2) is 6.43. The van der Waals surface area contributed by atoms with Crippen molar-refractivity contribution >= 4 is 302 Å². The molecule has 0 radical (unpaired) electrons. The van der Waals surface area contributed by atoms with Crippen LogP contribution in [0, 0.1) is 0 Å². The maximum Gasteiger partial charge on any atom is 0.109 e. The standard InChI is InChI=1S/C72H11N/c1-3-7-11(8-4-1)67(12-9-5-2-6-10-12)72-68-59-51-41-31-23-15-13-14-17-21-19(15)27-35(31)45(51)53-47-37(27)29(21)39-33-25(17)26-18(14)22-20-16(13)24(23)32-36-28(20)38-30(22)40-34(26)44-43(33)57-49(39)55(47)63(61(53)68)70-65(57)66-58(44)50(40)56-48(38)54-46(36)52(42(32)41)60(59)69(72)62(54)64(56)71(66)73(70)72/h1-10,67H/i67D. The highest BCUT2D eigenvalue weighted by molar-refractivity contribution is 6.83. The van der Waals surface area contributed by atoms with Crippen molar-refractivity contribution in [2.24, 2.45) is 0 Å². The van der Waals surface area contributed by atoms with Gasteiger partial charge in [-0.2, -0.15) is 0 Å². The van der Waals surface area contributed by atoms with E-state index in [1.165, 1.54) is 65.3 Å². The molecule has 0 saturated carbocycles. The maximum atomic E-state index is 12.6. The van der Waals surface area contributed by atoms with E-state index in [1.54, 1.807) is 248 Å². The minimum absolute atomic E-state index is 0.929. The Balaban J connectivity index is 1.16. The van der Waals surface area contributed by atoms with Crippen LogP contribution in [0.4, 0.5) is 0 Å². The molecule has 0 N–H and O–H groups in total. The van der Waals surface area contributed by atoms with E-state index in [-0.39, 0.29) is 0 Å². The molecule has 34 rings (SSSR count). The van der Waals surface area contributed by atoms with E-state index in [4.69, 9.17) is 0 Å². The Morgan fingerprint density at radius 1 is 0.219 bits per heavy atom. The SMILES string of the molecule is [2H]C(c1ccccc1)(c1ccccc1)C12c3c4c5c1c1c6c7c5c5c8c4c4c9c3c3c%10c9c9c%11c4c8c4c8c5c7c5c7c6c6c%12c%13c7c7c5c8c5c4c%11c4c9c8c9c%11c4c5c7c%11c%13c4c9c(c8%10)c5c(c4%12)c(c16)n2c35. The molecule has 0 spiro atoms. The quantitative estimate of drug-likeness (QED) is 0.156. The van der Waals surface area contributed by atoms with Crippen LogP contribution in [0.15, 0.2) is 60.7 Å². The van der Waals surface area contributed by atoms with E-state index in [2.05, 4.69) is 65.2 Å². The van der Waals surface area contributed by atoms with Gasteiger partial charge in [0.05, 0.1) is 11.0 Å². The molecule has 0 unspecified atom stereocenters. The largest absolute Gasteiger partial charge is 0.324 e. The van der Waals surface area contributed by atoms with Crippen LogP contribution >= 0.6 is 0 Å². The summed E-state index contributed by atoms with van der Waals surface area (Å²) in [6.07, 6.45) is 0. The Morgan fingerprint density at radius 3 is 0.603 bits per heavy atom. The summed E-state index contributed by atoms with van der Waals surface area (Å²) < 4.78 is 15.7. The predicted molar refractivity (Wildman–Crippen MR) is 310 cm³/mol. The fourth-order valence-corrected chi connectivity index (χ4v) is 24.8. The highest BCUT2D eigenvalue weighted by Gasteiger charge is 2.61. The van der Waals surface area contributed by atoms with E-state index in [0.717, 1.165) is 11.1 Å². The van der Waals surface area contributed by atoms with Gasteiger partial charge in [0.15, 0.2) is 0 Å². The average Bonchev–Trinajstić information content (AvgIpc) is 4.25. The Kier molecular flexibility index (Phi) is 2.36. The number of aromatic nitrogens is 1. The third-order valence-electron chi connectivity index (χ3n) is 25.2. The molecule has 0 atom stereocenters. The second-order valence-corrected chi connectivity index (χ2v) is 25.9. The number of hydrogen-bond donors (Lipinski definition) is 0. The summed E-state index contributed by atoms with van der Waals surface area (Å²) in [5.41, 5.74) is 7.07. The van der Waals surface area contributed by atoms with Gasteiger partial charge in [-0.05, 0) is 124 Å². The monoisotopic (exact) mass is 890 g/mol. The summed E-state index contributed by atoms with van der Waals surface area (Å²) in [5, 5.41) is 85.4. The molecule has 2 aliphatic heterocycles. The Labute approximate surface area is 400 Å². The summed E-state index contributed by atoms with van der Waals surface area (Å²) in [5.74, 6) is -1.27. The molecule has 3 heterocycles. The summed E-state index contributed by atoms with van der Waals surface area (Å²) >= 11 is 0. The van der Waals surface area contributed by atoms with Gasteiger partial charge < -0.3 is 4.57 Å². The van der Waals surface area contributed by atoms with Crippen LogP contribution < -0.4 is 0 Å². The molecule has 30 aromatic carbocycles. The Morgan fingerprint density at radius 2 is 0.384 bits per heavy atom. The van der Waals surface area contributed by atoms with Gasteiger partial charge in [0.25, 0.3) is 0 Å². The highest BCUT2D eigenvalue weighted by atomic mass is 15.1. The van der Waals surface area contributed by atoms with Crippen molar-refractivity contribution in [3.63, 3.8) is 0 Å². The average molecular weight is 891 g/mol. The first-order chi connectivity index (χ1) is 36.8. The number of benzene rings is 20. The first-order valence-corrected chi connectivity index (χ1v) is 27.0. The van der Waals surface area contributed by atoms with Crippen molar-refractivity contribution < 1.29 is 1.37 Å². The zero-order chi connectivity index (χ0) is 44.3. The lowest BCUT2D eigenvalue weighted by atomic mass is 9.65. The minimum Gasteiger partial charge on any atom is -0.324 e. The third-order valence-corrected chi connectivity index (χ3v) is 25.2. The van der Waals surface area contributed by atoms with Crippen molar-refractivity contribution in [1.29, 1.82) is 0 Å². The summed E-state index contributed by atoms with van der Waals surface area (Å²) in [7, 11) is 0. The molecule has 304 valence electrons. The van der Waals surface area contributed by atoms with Crippen molar-refractivity contribution in [2.45, 2.75) is 11.4 Å². The molecular weight excluding hydrogens is 879 g/mol. The molecule has 73 heavy (non-hydrogen) atoms. The fraction of sp³-hybridized carbons (Fsp3) is 0.0278. The molecule has 0 fully saturated rings. The zero-order valence-electron chi connectivity index (χ0n) is 38.2. The van der Waals surface area contributed by atoms with Gasteiger partial charge in [-0.15, -0.1) is 0 Å². The summed E-state index contributed by atoms with van der Waals surface area (Å²) in [6, 6.07) is 22.7. The van der Waals surface area contributed by atoms with Gasteiger partial charge >= 0.3 is 0 Å². The molecular formula is C72H11N. The first kappa shape index (κ1) is 26.8. The lowest BCUT2D eigenvalue weighted by Gasteiger charge is -2.47. The molecule has 0 amide bonds. The molecule has 0 saturated heterocycles.